The molecule has 2 aromatic carbocycles. The largest absolute Gasteiger partial charge is 0.497 e. The summed E-state index contributed by atoms with van der Waals surface area (Å²) in [5.74, 6) is 1.77. The van der Waals surface area contributed by atoms with Crippen LogP contribution in [0.2, 0.25) is 0 Å². The summed E-state index contributed by atoms with van der Waals surface area (Å²) in [5, 5.41) is 6.70. The second-order valence-corrected chi connectivity index (χ2v) is 5.63. The number of piperazine rings is 1. The van der Waals surface area contributed by atoms with E-state index in [1.165, 1.54) is 0 Å². The lowest BCUT2D eigenvalue weighted by atomic mass is 10.2. The van der Waals surface area contributed by atoms with E-state index in [9.17, 15) is 0 Å². The van der Waals surface area contributed by atoms with Crippen molar-refractivity contribution < 1.29 is 9.47 Å². The van der Waals surface area contributed by atoms with Gasteiger partial charge in [0.1, 0.15) is 11.5 Å². The SMILES string of the molecule is COc1cccc(/C=N\N2CCN(c3ccccc3OC)CC2)c1. The number of para-hydroxylation sites is 2. The van der Waals surface area contributed by atoms with Crippen molar-refractivity contribution in [1.82, 2.24) is 5.01 Å². The standard InChI is InChI=1S/C19H23N3O2/c1-23-17-7-5-6-16(14-17)15-20-22-12-10-21(11-13-22)18-8-3-4-9-19(18)24-2/h3-9,14-15H,10-13H2,1-2H3/b20-15-. The van der Waals surface area contributed by atoms with Crippen LogP contribution in [0.4, 0.5) is 5.69 Å². The smallest absolute Gasteiger partial charge is 0.142 e. The van der Waals surface area contributed by atoms with Gasteiger partial charge in [-0.3, -0.25) is 5.01 Å². The lowest BCUT2D eigenvalue weighted by Crippen LogP contribution is -2.44. The van der Waals surface area contributed by atoms with Gasteiger partial charge in [0, 0.05) is 13.1 Å². The molecule has 0 N–H and O–H groups in total. The Balaban J connectivity index is 1.59. The van der Waals surface area contributed by atoms with Crippen molar-refractivity contribution >= 4 is 11.9 Å². The molecular formula is C19H23N3O2. The summed E-state index contributed by atoms with van der Waals surface area (Å²) in [4.78, 5) is 2.34. The highest BCUT2D eigenvalue weighted by atomic mass is 16.5. The van der Waals surface area contributed by atoms with Crippen LogP contribution in [-0.2, 0) is 0 Å². The number of methoxy groups -OCH3 is 2. The van der Waals surface area contributed by atoms with E-state index in [2.05, 4.69) is 21.1 Å². The van der Waals surface area contributed by atoms with Gasteiger partial charge >= 0.3 is 0 Å². The normalized spacial score (nSPS) is 14.9. The Morgan fingerprint density at radius 3 is 2.46 bits per heavy atom. The third-order valence-corrected chi connectivity index (χ3v) is 4.15. The molecule has 5 nitrogen and oxygen atoms in total. The number of hydrogen-bond donors (Lipinski definition) is 0. The summed E-state index contributed by atoms with van der Waals surface area (Å²) in [6.07, 6.45) is 1.89. The van der Waals surface area contributed by atoms with Crippen LogP contribution in [0.25, 0.3) is 0 Å². The molecule has 0 aromatic heterocycles. The number of benzene rings is 2. The number of hydrazone groups is 1. The average Bonchev–Trinajstić information content (AvgIpc) is 2.67. The van der Waals surface area contributed by atoms with Gasteiger partial charge in [-0.25, -0.2) is 0 Å². The average molecular weight is 325 g/mol. The van der Waals surface area contributed by atoms with Gasteiger partial charge in [0.05, 0.1) is 39.2 Å². The fourth-order valence-corrected chi connectivity index (χ4v) is 2.81. The highest BCUT2D eigenvalue weighted by Gasteiger charge is 2.18. The minimum atomic E-state index is 0.847. The molecule has 0 amide bonds. The van der Waals surface area contributed by atoms with Gasteiger partial charge in [0.15, 0.2) is 0 Å². The Labute approximate surface area is 143 Å². The fraction of sp³-hybridized carbons (Fsp3) is 0.316. The molecule has 1 aliphatic rings. The second-order valence-electron chi connectivity index (χ2n) is 5.63. The summed E-state index contributed by atoms with van der Waals surface area (Å²) in [6.45, 7) is 3.63. The Morgan fingerprint density at radius 1 is 0.917 bits per heavy atom. The molecule has 5 heteroatoms. The lowest BCUT2D eigenvalue weighted by Gasteiger charge is -2.35. The van der Waals surface area contributed by atoms with E-state index >= 15 is 0 Å². The monoisotopic (exact) mass is 325 g/mol. The van der Waals surface area contributed by atoms with Crippen molar-refractivity contribution in [2.75, 3.05) is 45.3 Å². The van der Waals surface area contributed by atoms with Crippen LogP contribution >= 0.6 is 0 Å². The molecule has 0 saturated carbocycles. The zero-order valence-corrected chi connectivity index (χ0v) is 14.2. The van der Waals surface area contributed by atoms with E-state index in [0.29, 0.717) is 0 Å². The van der Waals surface area contributed by atoms with Crippen LogP contribution in [0.1, 0.15) is 5.56 Å². The maximum absolute atomic E-state index is 5.46. The zero-order chi connectivity index (χ0) is 16.8. The molecular weight excluding hydrogens is 302 g/mol. The molecule has 1 aliphatic heterocycles. The van der Waals surface area contributed by atoms with Gasteiger partial charge < -0.3 is 14.4 Å². The lowest BCUT2D eigenvalue weighted by molar-refractivity contribution is 0.271. The minimum Gasteiger partial charge on any atom is -0.497 e. The molecule has 1 saturated heterocycles. The minimum absolute atomic E-state index is 0.847. The van der Waals surface area contributed by atoms with Gasteiger partial charge in [-0.05, 0) is 29.8 Å². The van der Waals surface area contributed by atoms with Crippen molar-refractivity contribution in [1.29, 1.82) is 0 Å². The van der Waals surface area contributed by atoms with Crippen molar-refractivity contribution in [3.63, 3.8) is 0 Å². The van der Waals surface area contributed by atoms with Crippen molar-refractivity contribution in [3.8, 4) is 11.5 Å². The first-order valence-corrected chi connectivity index (χ1v) is 8.11. The third kappa shape index (κ3) is 3.79. The van der Waals surface area contributed by atoms with Crippen molar-refractivity contribution in [3.05, 3.63) is 54.1 Å². The molecule has 2 aromatic rings. The fourth-order valence-electron chi connectivity index (χ4n) is 2.81. The summed E-state index contributed by atoms with van der Waals surface area (Å²) in [5.41, 5.74) is 2.19. The molecule has 0 bridgehead atoms. The Kier molecular flexibility index (Phi) is 5.21. The quantitative estimate of drug-likeness (QED) is 0.792. The molecule has 0 atom stereocenters. The first kappa shape index (κ1) is 16.2. The van der Waals surface area contributed by atoms with Crippen LogP contribution in [0, 0.1) is 0 Å². The van der Waals surface area contributed by atoms with Crippen LogP contribution in [0.5, 0.6) is 11.5 Å². The first-order valence-electron chi connectivity index (χ1n) is 8.11. The molecule has 3 rings (SSSR count). The van der Waals surface area contributed by atoms with Gasteiger partial charge in [-0.1, -0.05) is 24.3 Å². The number of anilines is 1. The van der Waals surface area contributed by atoms with Crippen LogP contribution in [-0.4, -0.2) is 51.6 Å². The van der Waals surface area contributed by atoms with E-state index in [4.69, 9.17) is 9.47 Å². The Hall–Kier alpha value is -2.69. The van der Waals surface area contributed by atoms with Gasteiger partial charge in [-0.15, -0.1) is 0 Å². The first-order chi connectivity index (χ1) is 11.8. The van der Waals surface area contributed by atoms with E-state index in [1.54, 1.807) is 14.2 Å². The van der Waals surface area contributed by atoms with Crippen LogP contribution in [0.3, 0.4) is 0 Å². The van der Waals surface area contributed by atoms with E-state index in [-0.39, 0.29) is 0 Å². The molecule has 0 radical (unpaired) electrons. The van der Waals surface area contributed by atoms with Crippen LogP contribution < -0.4 is 14.4 Å². The van der Waals surface area contributed by atoms with Crippen molar-refractivity contribution in [2.24, 2.45) is 5.10 Å². The Bertz CT molecular complexity index is 695. The number of nitrogens with zero attached hydrogens (tertiary/aromatic N) is 3. The molecule has 126 valence electrons. The highest BCUT2D eigenvalue weighted by molar-refractivity contribution is 5.80. The predicted octanol–water partition coefficient (Wildman–Crippen LogP) is 2.86. The number of ether oxygens (including phenoxy) is 2. The third-order valence-electron chi connectivity index (χ3n) is 4.15. The molecule has 1 heterocycles. The summed E-state index contributed by atoms with van der Waals surface area (Å²) < 4.78 is 10.7. The Morgan fingerprint density at radius 2 is 1.71 bits per heavy atom. The summed E-state index contributed by atoms with van der Waals surface area (Å²) in [6, 6.07) is 16.1. The topological polar surface area (TPSA) is 37.3 Å². The maximum atomic E-state index is 5.46. The van der Waals surface area contributed by atoms with Crippen LogP contribution in [0.15, 0.2) is 53.6 Å². The molecule has 1 fully saturated rings. The van der Waals surface area contributed by atoms with Gasteiger partial charge in [0.2, 0.25) is 0 Å². The van der Waals surface area contributed by atoms with E-state index in [0.717, 1.165) is 48.9 Å². The molecule has 0 spiro atoms. The number of rotatable bonds is 5. The highest BCUT2D eigenvalue weighted by Crippen LogP contribution is 2.28. The molecule has 0 unspecified atom stereocenters. The summed E-state index contributed by atoms with van der Waals surface area (Å²) >= 11 is 0. The molecule has 0 aliphatic carbocycles. The van der Waals surface area contributed by atoms with E-state index in [1.807, 2.05) is 48.7 Å². The van der Waals surface area contributed by atoms with Gasteiger partial charge in [-0.2, -0.15) is 5.10 Å². The van der Waals surface area contributed by atoms with Gasteiger partial charge in [0.25, 0.3) is 0 Å². The van der Waals surface area contributed by atoms with Crippen molar-refractivity contribution in [2.45, 2.75) is 0 Å². The zero-order valence-electron chi connectivity index (χ0n) is 14.2. The second kappa shape index (κ2) is 7.73. The number of hydrogen-bond acceptors (Lipinski definition) is 5. The maximum Gasteiger partial charge on any atom is 0.142 e. The predicted molar refractivity (Wildman–Crippen MR) is 97.4 cm³/mol. The van der Waals surface area contributed by atoms with E-state index < -0.39 is 0 Å². The molecule has 24 heavy (non-hydrogen) atoms. The summed E-state index contributed by atoms with van der Waals surface area (Å²) in [7, 11) is 3.39.